The first-order chi connectivity index (χ1) is 6.27. The smallest absolute Gasteiger partial charge is 0.0876 e. The van der Waals surface area contributed by atoms with Gasteiger partial charge in [-0.25, -0.2) is 0 Å². The summed E-state index contributed by atoms with van der Waals surface area (Å²) in [6.07, 6.45) is 8.72. The minimum atomic E-state index is -0.168. The highest BCUT2D eigenvalue weighted by molar-refractivity contribution is 4.93. The standard InChI is InChI=1S/C11H20O2/c1-3-9(12)7-5-6-8-11-10(4-2)13-11/h5-6,9-12H,3-4,7-8H2,1-2H3. The van der Waals surface area contributed by atoms with Crippen LogP contribution in [0.4, 0.5) is 0 Å². The molecule has 2 heteroatoms. The fraction of sp³-hybridized carbons (Fsp3) is 0.818. The molecule has 1 aliphatic heterocycles. The molecule has 1 heterocycles. The topological polar surface area (TPSA) is 32.8 Å². The van der Waals surface area contributed by atoms with Crippen molar-refractivity contribution in [3.63, 3.8) is 0 Å². The van der Waals surface area contributed by atoms with Gasteiger partial charge in [0.05, 0.1) is 18.3 Å². The van der Waals surface area contributed by atoms with E-state index in [2.05, 4.69) is 19.1 Å². The van der Waals surface area contributed by atoms with E-state index in [1.54, 1.807) is 0 Å². The first-order valence-corrected chi connectivity index (χ1v) is 5.26. The summed E-state index contributed by atoms with van der Waals surface area (Å²) >= 11 is 0. The van der Waals surface area contributed by atoms with E-state index in [4.69, 9.17) is 4.74 Å². The molecule has 76 valence electrons. The first-order valence-electron chi connectivity index (χ1n) is 5.26. The molecule has 0 bridgehead atoms. The molecule has 1 aliphatic rings. The van der Waals surface area contributed by atoms with Crippen molar-refractivity contribution in [1.82, 2.24) is 0 Å². The van der Waals surface area contributed by atoms with Crippen LogP contribution in [0.25, 0.3) is 0 Å². The van der Waals surface area contributed by atoms with Gasteiger partial charge in [-0.3, -0.25) is 0 Å². The highest BCUT2D eigenvalue weighted by atomic mass is 16.6. The lowest BCUT2D eigenvalue weighted by molar-refractivity contribution is 0.173. The Morgan fingerprint density at radius 1 is 1.31 bits per heavy atom. The summed E-state index contributed by atoms with van der Waals surface area (Å²) < 4.78 is 5.39. The van der Waals surface area contributed by atoms with E-state index in [1.165, 1.54) is 0 Å². The molecule has 0 aromatic rings. The van der Waals surface area contributed by atoms with Crippen LogP contribution >= 0.6 is 0 Å². The second-order valence-corrected chi connectivity index (χ2v) is 3.63. The van der Waals surface area contributed by atoms with Crippen molar-refractivity contribution in [3.8, 4) is 0 Å². The van der Waals surface area contributed by atoms with Gasteiger partial charge in [0.25, 0.3) is 0 Å². The molecule has 0 amide bonds. The molecule has 0 aliphatic carbocycles. The van der Waals surface area contributed by atoms with Gasteiger partial charge in [0.1, 0.15) is 0 Å². The Morgan fingerprint density at radius 2 is 2.08 bits per heavy atom. The SMILES string of the molecule is CCC(O)CC=CCC1OC1CC. The summed E-state index contributed by atoms with van der Waals surface area (Å²) in [4.78, 5) is 0. The third-order valence-corrected chi connectivity index (χ3v) is 2.50. The molecule has 1 saturated heterocycles. The minimum absolute atomic E-state index is 0.168. The van der Waals surface area contributed by atoms with Gasteiger partial charge in [-0.05, 0) is 25.7 Å². The van der Waals surface area contributed by atoms with Crippen LogP contribution in [-0.4, -0.2) is 23.4 Å². The fourth-order valence-corrected chi connectivity index (χ4v) is 1.40. The molecular weight excluding hydrogens is 164 g/mol. The zero-order valence-electron chi connectivity index (χ0n) is 8.57. The van der Waals surface area contributed by atoms with E-state index in [0.29, 0.717) is 12.2 Å². The molecule has 1 N–H and O–H groups in total. The van der Waals surface area contributed by atoms with Gasteiger partial charge in [0.15, 0.2) is 0 Å². The molecule has 13 heavy (non-hydrogen) atoms. The third-order valence-electron chi connectivity index (χ3n) is 2.50. The van der Waals surface area contributed by atoms with Gasteiger partial charge >= 0.3 is 0 Å². The lowest BCUT2D eigenvalue weighted by atomic mass is 10.1. The maximum atomic E-state index is 9.25. The third kappa shape index (κ3) is 3.92. The second kappa shape index (κ2) is 5.40. The maximum absolute atomic E-state index is 9.25. The predicted molar refractivity (Wildman–Crippen MR) is 53.6 cm³/mol. The molecule has 0 aromatic carbocycles. The van der Waals surface area contributed by atoms with Gasteiger partial charge in [0.2, 0.25) is 0 Å². The Kier molecular flexibility index (Phi) is 4.46. The first kappa shape index (κ1) is 10.7. The van der Waals surface area contributed by atoms with E-state index in [0.717, 1.165) is 25.7 Å². The highest BCUT2D eigenvalue weighted by Crippen LogP contribution is 2.28. The Morgan fingerprint density at radius 3 is 2.62 bits per heavy atom. The van der Waals surface area contributed by atoms with Crippen LogP contribution in [-0.2, 0) is 4.74 Å². The number of rotatable bonds is 6. The quantitative estimate of drug-likeness (QED) is 0.507. The summed E-state index contributed by atoms with van der Waals surface area (Å²) in [5.41, 5.74) is 0. The number of hydrogen-bond acceptors (Lipinski definition) is 2. The summed E-state index contributed by atoms with van der Waals surface area (Å²) in [6, 6.07) is 0. The zero-order valence-corrected chi connectivity index (χ0v) is 8.57. The Hall–Kier alpha value is -0.340. The van der Waals surface area contributed by atoms with Crippen molar-refractivity contribution in [2.75, 3.05) is 0 Å². The fourth-order valence-electron chi connectivity index (χ4n) is 1.40. The number of epoxide rings is 1. The van der Waals surface area contributed by atoms with Gasteiger partial charge in [-0.2, -0.15) is 0 Å². The predicted octanol–water partition coefficient (Wildman–Crippen LogP) is 2.27. The summed E-state index contributed by atoms with van der Waals surface area (Å²) in [7, 11) is 0. The zero-order chi connectivity index (χ0) is 9.68. The lowest BCUT2D eigenvalue weighted by Crippen LogP contribution is -2.01. The molecule has 2 nitrogen and oxygen atoms in total. The van der Waals surface area contributed by atoms with Crippen LogP contribution in [0.1, 0.15) is 39.5 Å². The molecule has 1 fully saturated rings. The van der Waals surface area contributed by atoms with Crippen molar-refractivity contribution in [2.45, 2.75) is 57.8 Å². The largest absolute Gasteiger partial charge is 0.393 e. The van der Waals surface area contributed by atoms with Gasteiger partial charge < -0.3 is 9.84 Å². The van der Waals surface area contributed by atoms with Crippen molar-refractivity contribution in [3.05, 3.63) is 12.2 Å². The van der Waals surface area contributed by atoms with Crippen LogP contribution in [0.3, 0.4) is 0 Å². The molecule has 0 radical (unpaired) electrons. The van der Waals surface area contributed by atoms with Crippen molar-refractivity contribution in [2.24, 2.45) is 0 Å². The average molecular weight is 184 g/mol. The normalized spacial score (nSPS) is 29.5. The summed E-state index contributed by atoms with van der Waals surface area (Å²) in [5, 5.41) is 9.25. The van der Waals surface area contributed by atoms with Crippen LogP contribution in [0, 0.1) is 0 Å². The summed E-state index contributed by atoms with van der Waals surface area (Å²) in [6.45, 7) is 4.14. The van der Waals surface area contributed by atoms with Crippen molar-refractivity contribution < 1.29 is 9.84 Å². The second-order valence-electron chi connectivity index (χ2n) is 3.63. The lowest BCUT2D eigenvalue weighted by Gasteiger charge is -2.01. The number of aliphatic hydroxyl groups is 1. The van der Waals surface area contributed by atoms with E-state index >= 15 is 0 Å². The van der Waals surface area contributed by atoms with E-state index in [-0.39, 0.29) is 6.10 Å². The molecule has 3 unspecified atom stereocenters. The van der Waals surface area contributed by atoms with Crippen LogP contribution in [0.15, 0.2) is 12.2 Å². The molecule has 3 atom stereocenters. The molecule has 0 spiro atoms. The maximum Gasteiger partial charge on any atom is 0.0876 e. The Labute approximate surface area is 80.6 Å². The number of ether oxygens (including phenoxy) is 1. The van der Waals surface area contributed by atoms with Gasteiger partial charge in [-0.15, -0.1) is 0 Å². The van der Waals surface area contributed by atoms with Crippen LogP contribution in [0.5, 0.6) is 0 Å². The van der Waals surface area contributed by atoms with Crippen molar-refractivity contribution in [1.29, 1.82) is 0 Å². The van der Waals surface area contributed by atoms with Crippen LogP contribution < -0.4 is 0 Å². The molecule has 0 aromatic heterocycles. The Balaban J connectivity index is 1.99. The van der Waals surface area contributed by atoms with Crippen LogP contribution in [0.2, 0.25) is 0 Å². The monoisotopic (exact) mass is 184 g/mol. The molecule has 0 saturated carbocycles. The van der Waals surface area contributed by atoms with Crippen molar-refractivity contribution >= 4 is 0 Å². The Bertz CT molecular complexity index is 165. The summed E-state index contributed by atoms with van der Waals surface area (Å²) in [5.74, 6) is 0. The van der Waals surface area contributed by atoms with E-state index < -0.39 is 0 Å². The van der Waals surface area contributed by atoms with E-state index in [1.807, 2.05) is 6.92 Å². The van der Waals surface area contributed by atoms with Gasteiger partial charge in [0, 0.05) is 0 Å². The average Bonchev–Trinajstić information content (AvgIpc) is 2.90. The van der Waals surface area contributed by atoms with Gasteiger partial charge in [-0.1, -0.05) is 26.0 Å². The van der Waals surface area contributed by atoms with E-state index in [9.17, 15) is 5.11 Å². The number of aliphatic hydroxyl groups excluding tert-OH is 1. The highest BCUT2D eigenvalue weighted by Gasteiger charge is 2.35. The molecule has 1 rings (SSSR count). The minimum Gasteiger partial charge on any atom is -0.393 e. The number of hydrogen-bond donors (Lipinski definition) is 1. The molecular formula is C11H20O2.